The van der Waals surface area contributed by atoms with Crippen LogP contribution in [0.15, 0.2) is 12.2 Å². The molecule has 0 spiro atoms. The average molecular weight is 183 g/mol. The standard InChI is InChI=1S/C10H21N3/c1-12(2)7-8-13-6-4-3-5-10(13)9-11/h3,5,10H,4,6-9,11H2,1-2H3. The maximum absolute atomic E-state index is 5.69. The molecule has 1 rings (SSSR count). The highest BCUT2D eigenvalue weighted by Crippen LogP contribution is 2.08. The third kappa shape index (κ3) is 3.46. The molecular formula is C10H21N3. The van der Waals surface area contributed by atoms with Crippen molar-refractivity contribution in [1.82, 2.24) is 9.80 Å². The maximum atomic E-state index is 5.69. The molecule has 0 saturated heterocycles. The fourth-order valence-corrected chi connectivity index (χ4v) is 1.61. The highest BCUT2D eigenvalue weighted by atomic mass is 15.2. The Labute approximate surface area is 81.2 Å². The van der Waals surface area contributed by atoms with Gasteiger partial charge in [-0.1, -0.05) is 12.2 Å². The van der Waals surface area contributed by atoms with Crippen LogP contribution in [0, 0.1) is 0 Å². The van der Waals surface area contributed by atoms with Gasteiger partial charge < -0.3 is 10.6 Å². The lowest BCUT2D eigenvalue weighted by molar-refractivity contribution is 0.204. The number of hydrogen-bond donors (Lipinski definition) is 1. The van der Waals surface area contributed by atoms with E-state index in [1.807, 2.05) is 0 Å². The van der Waals surface area contributed by atoms with Crippen LogP contribution in [0.5, 0.6) is 0 Å². The van der Waals surface area contributed by atoms with Gasteiger partial charge in [-0.3, -0.25) is 4.90 Å². The zero-order chi connectivity index (χ0) is 9.68. The van der Waals surface area contributed by atoms with Crippen molar-refractivity contribution in [2.75, 3.05) is 40.3 Å². The third-order valence-corrected chi connectivity index (χ3v) is 2.49. The van der Waals surface area contributed by atoms with E-state index >= 15 is 0 Å². The number of rotatable bonds is 4. The number of hydrogen-bond acceptors (Lipinski definition) is 3. The Hall–Kier alpha value is -0.380. The van der Waals surface area contributed by atoms with Crippen molar-refractivity contribution in [3.8, 4) is 0 Å². The van der Waals surface area contributed by atoms with Crippen LogP contribution in [-0.2, 0) is 0 Å². The second-order valence-corrected chi connectivity index (χ2v) is 3.86. The summed E-state index contributed by atoms with van der Waals surface area (Å²) in [5.74, 6) is 0. The summed E-state index contributed by atoms with van der Waals surface area (Å²) in [6.45, 7) is 4.14. The molecule has 1 unspecified atom stereocenters. The van der Waals surface area contributed by atoms with Crippen molar-refractivity contribution in [1.29, 1.82) is 0 Å². The van der Waals surface area contributed by atoms with Crippen LogP contribution < -0.4 is 5.73 Å². The fourth-order valence-electron chi connectivity index (χ4n) is 1.61. The lowest BCUT2D eigenvalue weighted by Crippen LogP contribution is -2.44. The zero-order valence-electron chi connectivity index (χ0n) is 8.74. The van der Waals surface area contributed by atoms with Gasteiger partial charge in [-0.05, 0) is 20.5 Å². The summed E-state index contributed by atoms with van der Waals surface area (Å²) in [7, 11) is 4.22. The van der Waals surface area contributed by atoms with Gasteiger partial charge in [0.1, 0.15) is 0 Å². The summed E-state index contributed by atoms with van der Waals surface area (Å²) in [6, 6.07) is 0.466. The third-order valence-electron chi connectivity index (χ3n) is 2.49. The minimum atomic E-state index is 0.466. The zero-order valence-corrected chi connectivity index (χ0v) is 8.74. The van der Waals surface area contributed by atoms with Gasteiger partial charge in [0.05, 0.1) is 0 Å². The van der Waals surface area contributed by atoms with Crippen LogP contribution in [0.4, 0.5) is 0 Å². The normalized spacial score (nSPS) is 24.2. The van der Waals surface area contributed by atoms with Gasteiger partial charge >= 0.3 is 0 Å². The van der Waals surface area contributed by atoms with Crippen molar-refractivity contribution < 1.29 is 0 Å². The minimum Gasteiger partial charge on any atom is -0.329 e. The van der Waals surface area contributed by atoms with E-state index in [9.17, 15) is 0 Å². The lowest BCUT2D eigenvalue weighted by Gasteiger charge is -2.32. The summed E-state index contributed by atoms with van der Waals surface area (Å²) in [5, 5.41) is 0. The second-order valence-electron chi connectivity index (χ2n) is 3.86. The summed E-state index contributed by atoms with van der Waals surface area (Å²) in [6.07, 6.45) is 5.65. The average Bonchev–Trinajstić information content (AvgIpc) is 2.15. The highest BCUT2D eigenvalue weighted by molar-refractivity contribution is 5.00. The van der Waals surface area contributed by atoms with Crippen LogP contribution in [0.25, 0.3) is 0 Å². The molecular weight excluding hydrogens is 162 g/mol. The summed E-state index contributed by atoms with van der Waals surface area (Å²) in [4.78, 5) is 4.67. The van der Waals surface area contributed by atoms with E-state index in [-0.39, 0.29) is 0 Å². The topological polar surface area (TPSA) is 32.5 Å². The van der Waals surface area contributed by atoms with Gasteiger partial charge in [-0.2, -0.15) is 0 Å². The van der Waals surface area contributed by atoms with Crippen molar-refractivity contribution in [2.24, 2.45) is 5.73 Å². The van der Waals surface area contributed by atoms with Gasteiger partial charge in [-0.25, -0.2) is 0 Å². The van der Waals surface area contributed by atoms with Crippen LogP contribution in [-0.4, -0.2) is 56.1 Å². The summed E-state index contributed by atoms with van der Waals surface area (Å²) in [5.41, 5.74) is 5.69. The van der Waals surface area contributed by atoms with E-state index in [0.717, 1.165) is 26.2 Å². The first-order valence-corrected chi connectivity index (χ1v) is 4.99. The number of likely N-dealkylation sites (N-methyl/N-ethyl adjacent to an activating group) is 1. The first-order valence-electron chi connectivity index (χ1n) is 4.99. The van der Waals surface area contributed by atoms with Crippen LogP contribution in [0.3, 0.4) is 0 Å². The molecule has 3 heteroatoms. The Morgan fingerprint density at radius 1 is 1.54 bits per heavy atom. The molecule has 1 heterocycles. The first kappa shape index (κ1) is 10.7. The predicted octanol–water partition coefficient (Wildman–Crippen LogP) is 0.137. The van der Waals surface area contributed by atoms with Gasteiger partial charge in [0.15, 0.2) is 0 Å². The fraction of sp³-hybridized carbons (Fsp3) is 0.800. The number of nitrogens with zero attached hydrogens (tertiary/aromatic N) is 2. The minimum absolute atomic E-state index is 0.466. The molecule has 0 aromatic heterocycles. The number of nitrogens with two attached hydrogens (primary N) is 1. The van der Waals surface area contributed by atoms with Gasteiger partial charge in [0.25, 0.3) is 0 Å². The van der Waals surface area contributed by atoms with Crippen LogP contribution >= 0.6 is 0 Å². The van der Waals surface area contributed by atoms with Crippen LogP contribution in [0.2, 0.25) is 0 Å². The molecule has 0 aromatic carbocycles. The molecule has 1 aliphatic heterocycles. The highest BCUT2D eigenvalue weighted by Gasteiger charge is 2.16. The molecule has 0 bridgehead atoms. The largest absolute Gasteiger partial charge is 0.329 e. The van der Waals surface area contributed by atoms with E-state index in [1.165, 1.54) is 6.42 Å². The molecule has 0 fully saturated rings. The molecule has 13 heavy (non-hydrogen) atoms. The van der Waals surface area contributed by atoms with Crippen molar-refractivity contribution in [3.63, 3.8) is 0 Å². The monoisotopic (exact) mass is 183 g/mol. The summed E-state index contributed by atoms with van der Waals surface area (Å²) >= 11 is 0. The molecule has 0 amide bonds. The Balaban J connectivity index is 2.34. The Bertz CT molecular complexity index is 166. The molecule has 1 aliphatic rings. The van der Waals surface area contributed by atoms with Gasteiger partial charge in [0.2, 0.25) is 0 Å². The van der Waals surface area contributed by atoms with Crippen molar-refractivity contribution in [2.45, 2.75) is 12.5 Å². The smallest absolute Gasteiger partial charge is 0.0401 e. The van der Waals surface area contributed by atoms with E-state index < -0.39 is 0 Å². The second kappa shape index (κ2) is 5.37. The predicted molar refractivity (Wildman–Crippen MR) is 56.7 cm³/mol. The molecule has 0 aromatic rings. The van der Waals surface area contributed by atoms with E-state index in [0.29, 0.717) is 6.04 Å². The van der Waals surface area contributed by atoms with Crippen LogP contribution in [0.1, 0.15) is 6.42 Å². The maximum Gasteiger partial charge on any atom is 0.0401 e. The Morgan fingerprint density at radius 3 is 2.92 bits per heavy atom. The molecule has 2 N–H and O–H groups in total. The van der Waals surface area contributed by atoms with Crippen molar-refractivity contribution >= 4 is 0 Å². The molecule has 0 radical (unpaired) electrons. The van der Waals surface area contributed by atoms with Gasteiger partial charge in [0, 0.05) is 32.2 Å². The van der Waals surface area contributed by atoms with E-state index in [2.05, 4.69) is 36.0 Å². The molecule has 1 atom stereocenters. The Kier molecular flexibility index (Phi) is 4.42. The first-order chi connectivity index (χ1) is 6.24. The van der Waals surface area contributed by atoms with E-state index in [1.54, 1.807) is 0 Å². The van der Waals surface area contributed by atoms with Crippen molar-refractivity contribution in [3.05, 3.63) is 12.2 Å². The molecule has 0 aliphatic carbocycles. The van der Waals surface area contributed by atoms with E-state index in [4.69, 9.17) is 5.73 Å². The molecule has 3 nitrogen and oxygen atoms in total. The lowest BCUT2D eigenvalue weighted by atomic mass is 10.1. The molecule has 0 saturated carbocycles. The summed E-state index contributed by atoms with van der Waals surface area (Å²) < 4.78 is 0. The Morgan fingerprint density at radius 2 is 2.31 bits per heavy atom. The van der Waals surface area contributed by atoms with Gasteiger partial charge in [-0.15, -0.1) is 0 Å². The molecule has 76 valence electrons. The SMILES string of the molecule is CN(C)CCN1CCC=CC1CN. The quantitative estimate of drug-likeness (QED) is 0.629.